The van der Waals surface area contributed by atoms with Crippen LogP contribution in [0.2, 0.25) is 0 Å². The smallest absolute Gasteiger partial charge is 0.255 e. The van der Waals surface area contributed by atoms with Crippen LogP contribution in [0.15, 0.2) is 47.4 Å². The van der Waals surface area contributed by atoms with Crippen LogP contribution in [-0.4, -0.2) is 66.7 Å². The molecule has 0 saturated carbocycles. The van der Waals surface area contributed by atoms with E-state index in [1.165, 1.54) is 16.4 Å². The van der Waals surface area contributed by atoms with Gasteiger partial charge in [0.2, 0.25) is 10.0 Å². The van der Waals surface area contributed by atoms with Crippen molar-refractivity contribution in [2.75, 3.05) is 38.5 Å². The Labute approximate surface area is 194 Å². The molecule has 0 aliphatic carbocycles. The Morgan fingerprint density at radius 1 is 0.909 bits per heavy atom. The zero-order valence-electron chi connectivity index (χ0n) is 19.2. The lowest BCUT2D eigenvalue weighted by Gasteiger charge is -2.31. The summed E-state index contributed by atoms with van der Waals surface area (Å²) in [5, 5.41) is 2.84. The molecule has 8 nitrogen and oxygen atoms in total. The maximum absolute atomic E-state index is 12.9. The minimum absolute atomic E-state index is 0.227. The third-order valence-corrected chi connectivity index (χ3v) is 7.88. The van der Waals surface area contributed by atoms with Crippen LogP contribution in [0.25, 0.3) is 11.0 Å². The number of amides is 1. The van der Waals surface area contributed by atoms with Gasteiger partial charge < -0.3 is 10.2 Å². The molecule has 3 aromatic rings. The first-order chi connectivity index (χ1) is 15.8. The highest BCUT2D eigenvalue weighted by Gasteiger charge is 2.27. The van der Waals surface area contributed by atoms with Crippen molar-refractivity contribution in [3.63, 3.8) is 0 Å². The van der Waals surface area contributed by atoms with Gasteiger partial charge in [0.15, 0.2) is 0 Å². The van der Waals surface area contributed by atoms with Crippen LogP contribution in [-0.2, 0) is 22.9 Å². The van der Waals surface area contributed by atoms with Gasteiger partial charge >= 0.3 is 0 Å². The number of benzene rings is 2. The molecule has 1 aromatic heterocycles. The lowest BCUT2D eigenvalue weighted by Crippen LogP contribution is -2.46. The molecule has 0 atom stereocenters. The summed E-state index contributed by atoms with van der Waals surface area (Å²) >= 11 is 0. The van der Waals surface area contributed by atoms with Gasteiger partial charge in [0, 0.05) is 37.4 Å². The highest BCUT2D eigenvalue weighted by Crippen LogP contribution is 2.21. The van der Waals surface area contributed by atoms with E-state index in [1.54, 1.807) is 24.3 Å². The number of likely N-dealkylation sites (N-methyl/N-ethyl adjacent to an activating group) is 1. The van der Waals surface area contributed by atoms with Crippen LogP contribution < -0.4 is 5.32 Å². The number of rotatable bonds is 6. The van der Waals surface area contributed by atoms with Crippen molar-refractivity contribution in [3.8, 4) is 0 Å². The van der Waals surface area contributed by atoms with Crippen molar-refractivity contribution >= 4 is 32.7 Å². The fraction of sp³-hybridized carbons (Fsp3) is 0.375. The zero-order valence-corrected chi connectivity index (χ0v) is 20.0. The Bertz CT molecular complexity index is 1270. The number of aromatic nitrogens is 2. The predicted octanol–water partition coefficient (Wildman–Crippen LogP) is 2.94. The molecule has 174 valence electrons. The van der Waals surface area contributed by atoms with Gasteiger partial charge in [0.05, 0.1) is 27.3 Å². The number of piperazine rings is 1. The number of fused-ring (bicyclic) bond motifs is 1. The molecule has 0 bridgehead atoms. The third kappa shape index (κ3) is 4.90. The fourth-order valence-electron chi connectivity index (χ4n) is 3.93. The summed E-state index contributed by atoms with van der Waals surface area (Å²) in [4.78, 5) is 24.5. The largest absolute Gasteiger partial charge is 0.322 e. The monoisotopic (exact) mass is 467 g/mol. The van der Waals surface area contributed by atoms with Crippen molar-refractivity contribution in [2.24, 2.45) is 0 Å². The standard InChI is InChI=1S/C24H29N5O3S/c1-4-20-21(5-2)27-23-16-17(6-11-22(23)26-20)24(30)25-18-7-9-19(10-8-18)33(31,32)29-14-12-28(3)13-15-29/h6-11,16H,4-5,12-15H2,1-3H3,(H,25,30). The van der Waals surface area contributed by atoms with Crippen molar-refractivity contribution < 1.29 is 13.2 Å². The van der Waals surface area contributed by atoms with E-state index in [0.29, 0.717) is 42.9 Å². The predicted molar refractivity (Wildman–Crippen MR) is 129 cm³/mol. The Balaban J connectivity index is 1.50. The molecule has 1 N–H and O–H groups in total. The van der Waals surface area contributed by atoms with Crippen LogP contribution in [0.4, 0.5) is 5.69 Å². The average molecular weight is 468 g/mol. The highest BCUT2D eigenvalue weighted by molar-refractivity contribution is 7.89. The summed E-state index contributed by atoms with van der Waals surface area (Å²) in [5.41, 5.74) is 4.37. The minimum atomic E-state index is -3.54. The molecule has 0 spiro atoms. The van der Waals surface area contributed by atoms with Gasteiger partial charge in [0.1, 0.15) is 0 Å². The van der Waals surface area contributed by atoms with E-state index >= 15 is 0 Å². The molecule has 1 aliphatic rings. The lowest BCUT2D eigenvalue weighted by molar-refractivity contribution is 0.102. The number of sulfonamides is 1. The average Bonchev–Trinajstić information content (AvgIpc) is 2.83. The Hall–Kier alpha value is -2.88. The first-order valence-electron chi connectivity index (χ1n) is 11.2. The maximum Gasteiger partial charge on any atom is 0.255 e. The molecule has 0 unspecified atom stereocenters. The SMILES string of the molecule is CCc1nc2ccc(C(=O)Nc3ccc(S(=O)(=O)N4CCN(C)CC4)cc3)cc2nc1CC. The number of aryl methyl sites for hydroxylation is 2. The van der Waals surface area contributed by atoms with Crippen molar-refractivity contribution in [1.29, 1.82) is 0 Å². The number of hydrogen-bond donors (Lipinski definition) is 1. The summed E-state index contributed by atoms with van der Waals surface area (Å²) in [6.07, 6.45) is 1.60. The number of nitrogens with zero attached hydrogens (tertiary/aromatic N) is 4. The van der Waals surface area contributed by atoms with Gasteiger partial charge in [-0.1, -0.05) is 13.8 Å². The van der Waals surface area contributed by atoms with E-state index in [2.05, 4.69) is 27.1 Å². The maximum atomic E-state index is 12.9. The normalized spacial score (nSPS) is 15.6. The van der Waals surface area contributed by atoms with E-state index in [-0.39, 0.29) is 10.8 Å². The van der Waals surface area contributed by atoms with E-state index in [1.807, 2.05) is 20.0 Å². The Morgan fingerprint density at radius 3 is 2.12 bits per heavy atom. The molecular formula is C24H29N5O3S. The summed E-state index contributed by atoms with van der Waals surface area (Å²) in [5.74, 6) is -0.286. The van der Waals surface area contributed by atoms with Gasteiger partial charge in [-0.15, -0.1) is 0 Å². The number of carbonyl (C=O) groups is 1. The molecule has 1 saturated heterocycles. The second kappa shape index (κ2) is 9.54. The Morgan fingerprint density at radius 2 is 1.52 bits per heavy atom. The van der Waals surface area contributed by atoms with E-state index in [9.17, 15) is 13.2 Å². The van der Waals surface area contributed by atoms with Gasteiger partial charge in [-0.05, 0) is 62.4 Å². The van der Waals surface area contributed by atoms with Crippen molar-refractivity contribution in [1.82, 2.24) is 19.2 Å². The second-order valence-corrected chi connectivity index (χ2v) is 10.2. The van der Waals surface area contributed by atoms with Crippen LogP contribution in [0.1, 0.15) is 35.6 Å². The van der Waals surface area contributed by atoms with Crippen molar-refractivity contribution in [3.05, 3.63) is 59.4 Å². The van der Waals surface area contributed by atoms with Crippen LogP contribution >= 0.6 is 0 Å². The van der Waals surface area contributed by atoms with Crippen LogP contribution in [0, 0.1) is 0 Å². The molecule has 2 heterocycles. The highest BCUT2D eigenvalue weighted by atomic mass is 32.2. The number of nitrogens with one attached hydrogen (secondary N) is 1. The topological polar surface area (TPSA) is 95.5 Å². The summed E-state index contributed by atoms with van der Waals surface area (Å²) in [6, 6.07) is 11.6. The third-order valence-electron chi connectivity index (χ3n) is 5.96. The summed E-state index contributed by atoms with van der Waals surface area (Å²) < 4.78 is 27.3. The molecule has 4 rings (SSSR count). The zero-order chi connectivity index (χ0) is 23.6. The second-order valence-electron chi connectivity index (χ2n) is 8.21. The molecule has 33 heavy (non-hydrogen) atoms. The minimum Gasteiger partial charge on any atom is -0.322 e. The molecule has 9 heteroatoms. The first kappa shape index (κ1) is 23.3. The van der Waals surface area contributed by atoms with Gasteiger partial charge in [-0.2, -0.15) is 4.31 Å². The summed E-state index contributed by atoms with van der Waals surface area (Å²) in [7, 11) is -1.56. The molecule has 0 radical (unpaired) electrons. The molecule has 1 aliphatic heterocycles. The molecular weight excluding hydrogens is 438 g/mol. The summed E-state index contributed by atoms with van der Waals surface area (Å²) in [6.45, 7) is 6.47. The van der Waals surface area contributed by atoms with Gasteiger partial charge in [0.25, 0.3) is 5.91 Å². The number of anilines is 1. The Kier molecular flexibility index (Phi) is 6.73. The quantitative estimate of drug-likeness (QED) is 0.599. The van der Waals surface area contributed by atoms with Crippen LogP contribution in [0.5, 0.6) is 0 Å². The molecule has 1 amide bonds. The molecule has 2 aromatic carbocycles. The molecule has 1 fully saturated rings. The first-order valence-corrected chi connectivity index (χ1v) is 12.7. The number of carbonyl (C=O) groups excluding carboxylic acids is 1. The van der Waals surface area contributed by atoms with Gasteiger partial charge in [-0.25, -0.2) is 18.4 Å². The van der Waals surface area contributed by atoms with E-state index in [0.717, 1.165) is 29.7 Å². The fourth-order valence-corrected chi connectivity index (χ4v) is 5.35. The van der Waals surface area contributed by atoms with E-state index in [4.69, 9.17) is 0 Å². The van der Waals surface area contributed by atoms with Crippen molar-refractivity contribution in [2.45, 2.75) is 31.6 Å². The van der Waals surface area contributed by atoms with Crippen LogP contribution in [0.3, 0.4) is 0 Å². The lowest BCUT2D eigenvalue weighted by atomic mass is 10.1. The van der Waals surface area contributed by atoms with Gasteiger partial charge in [-0.3, -0.25) is 4.79 Å². The number of hydrogen-bond acceptors (Lipinski definition) is 6. The van der Waals surface area contributed by atoms with E-state index < -0.39 is 10.0 Å².